The van der Waals surface area contributed by atoms with Crippen LogP contribution in [-0.2, 0) is 10.0 Å². The Morgan fingerprint density at radius 3 is 2.50 bits per heavy atom. The van der Waals surface area contributed by atoms with E-state index in [1.807, 2.05) is 0 Å². The van der Waals surface area contributed by atoms with Crippen molar-refractivity contribution in [3.8, 4) is 0 Å². The summed E-state index contributed by atoms with van der Waals surface area (Å²) in [4.78, 5) is 0.177. The normalized spacial score (nSPS) is 14.1. The maximum atomic E-state index is 12.0. The van der Waals surface area contributed by atoms with Crippen LogP contribution >= 0.6 is 11.6 Å². The highest BCUT2D eigenvalue weighted by Gasteiger charge is 2.22. The maximum Gasteiger partial charge on any atom is 0.243 e. The molecule has 1 unspecified atom stereocenters. The quantitative estimate of drug-likeness (QED) is 0.756. The Morgan fingerprint density at radius 1 is 1.44 bits per heavy atom. The second kappa shape index (κ2) is 6.54. The van der Waals surface area contributed by atoms with E-state index in [0.717, 1.165) is 12.8 Å². The van der Waals surface area contributed by atoms with Crippen LogP contribution in [0.2, 0.25) is 0 Å². The van der Waals surface area contributed by atoms with E-state index in [2.05, 4.69) is 28.8 Å². The maximum absolute atomic E-state index is 12.0. The smallest absolute Gasteiger partial charge is 0.243 e. The third kappa shape index (κ3) is 3.70. The van der Waals surface area contributed by atoms with Gasteiger partial charge in [0.2, 0.25) is 10.0 Å². The van der Waals surface area contributed by atoms with Gasteiger partial charge in [0.15, 0.2) is 0 Å². The Kier molecular flexibility index (Phi) is 5.62. The molecular formula is C11H20ClN3O2S. The molecule has 1 heterocycles. The molecule has 0 saturated carbocycles. The molecule has 0 amide bonds. The minimum absolute atomic E-state index is 0.177. The van der Waals surface area contributed by atoms with Gasteiger partial charge >= 0.3 is 0 Å². The summed E-state index contributed by atoms with van der Waals surface area (Å²) in [7, 11) is -3.52. The summed E-state index contributed by atoms with van der Waals surface area (Å²) in [6, 6.07) is 0. The molecule has 0 saturated heterocycles. The van der Waals surface area contributed by atoms with Crippen LogP contribution in [0.5, 0.6) is 0 Å². The first-order valence-corrected chi connectivity index (χ1v) is 7.98. The predicted molar refractivity (Wildman–Crippen MR) is 72.2 cm³/mol. The average Bonchev–Trinajstić information content (AvgIpc) is 2.75. The van der Waals surface area contributed by atoms with Crippen molar-refractivity contribution in [2.24, 2.45) is 5.92 Å². The second-order valence-electron chi connectivity index (χ2n) is 4.30. The summed E-state index contributed by atoms with van der Waals surface area (Å²) in [6.07, 6.45) is 3.19. The molecule has 0 aliphatic rings. The number of nitrogens with one attached hydrogen (secondary N) is 2. The molecule has 0 aliphatic carbocycles. The topological polar surface area (TPSA) is 74.8 Å². The van der Waals surface area contributed by atoms with Crippen molar-refractivity contribution in [2.75, 3.05) is 6.54 Å². The summed E-state index contributed by atoms with van der Waals surface area (Å²) >= 11 is 6.20. The molecule has 0 spiro atoms. The SMILES string of the molecule is CCC(CC)C(Cl)CNS(=O)(=O)c1cn[nH]c1C. The van der Waals surface area contributed by atoms with Gasteiger partial charge in [-0.1, -0.05) is 26.7 Å². The Hall–Kier alpha value is -0.590. The van der Waals surface area contributed by atoms with Crippen molar-refractivity contribution in [1.29, 1.82) is 0 Å². The lowest BCUT2D eigenvalue weighted by atomic mass is 9.99. The van der Waals surface area contributed by atoms with Gasteiger partial charge in [-0.15, -0.1) is 11.6 Å². The van der Waals surface area contributed by atoms with E-state index in [1.165, 1.54) is 6.20 Å². The average molecular weight is 294 g/mol. The van der Waals surface area contributed by atoms with E-state index in [4.69, 9.17) is 11.6 Å². The molecular weight excluding hydrogens is 274 g/mol. The molecule has 0 aliphatic heterocycles. The number of H-pyrrole nitrogens is 1. The third-order valence-corrected chi connectivity index (χ3v) is 5.15. The molecule has 1 aromatic rings. The Morgan fingerprint density at radius 2 is 2.06 bits per heavy atom. The number of halogens is 1. The van der Waals surface area contributed by atoms with Gasteiger partial charge in [-0.25, -0.2) is 13.1 Å². The lowest BCUT2D eigenvalue weighted by Crippen LogP contribution is -2.33. The Labute approximate surface area is 113 Å². The minimum atomic E-state index is -3.52. The monoisotopic (exact) mass is 293 g/mol. The number of hydrogen-bond acceptors (Lipinski definition) is 3. The van der Waals surface area contributed by atoms with E-state index in [9.17, 15) is 8.42 Å². The van der Waals surface area contributed by atoms with Crippen LogP contribution in [0.4, 0.5) is 0 Å². The first-order valence-electron chi connectivity index (χ1n) is 6.06. The molecule has 7 heteroatoms. The summed E-state index contributed by atoms with van der Waals surface area (Å²) in [6.45, 7) is 6.01. The van der Waals surface area contributed by atoms with Crippen molar-refractivity contribution in [1.82, 2.24) is 14.9 Å². The van der Waals surface area contributed by atoms with Crippen molar-refractivity contribution in [3.63, 3.8) is 0 Å². The number of hydrogen-bond donors (Lipinski definition) is 2. The number of rotatable bonds is 7. The van der Waals surface area contributed by atoms with E-state index in [0.29, 0.717) is 11.6 Å². The fourth-order valence-electron chi connectivity index (χ4n) is 1.84. The van der Waals surface area contributed by atoms with Gasteiger partial charge in [0.05, 0.1) is 11.9 Å². The third-order valence-electron chi connectivity index (χ3n) is 3.10. The molecule has 1 aromatic heterocycles. The number of aromatic nitrogens is 2. The number of aromatic amines is 1. The minimum Gasteiger partial charge on any atom is -0.281 e. The van der Waals surface area contributed by atoms with Gasteiger partial charge in [-0.2, -0.15) is 5.10 Å². The number of alkyl halides is 1. The van der Waals surface area contributed by atoms with Crippen LogP contribution in [0.3, 0.4) is 0 Å². The molecule has 0 bridgehead atoms. The van der Waals surface area contributed by atoms with Crippen LogP contribution < -0.4 is 4.72 Å². The lowest BCUT2D eigenvalue weighted by Gasteiger charge is -2.19. The first-order chi connectivity index (χ1) is 8.42. The van der Waals surface area contributed by atoms with Crippen molar-refractivity contribution in [2.45, 2.75) is 43.9 Å². The van der Waals surface area contributed by atoms with Crippen LogP contribution in [0, 0.1) is 12.8 Å². The van der Waals surface area contributed by atoms with Crippen molar-refractivity contribution >= 4 is 21.6 Å². The Bertz CT molecular complexity index is 468. The highest BCUT2D eigenvalue weighted by atomic mass is 35.5. The predicted octanol–water partition coefficient (Wildman–Crippen LogP) is 2.04. The number of aryl methyl sites for hydroxylation is 1. The molecule has 0 fully saturated rings. The van der Waals surface area contributed by atoms with E-state index in [-0.39, 0.29) is 16.8 Å². The molecule has 0 radical (unpaired) electrons. The van der Waals surface area contributed by atoms with Crippen LogP contribution in [0.15, 0.2) is 11.1 Å². The van der Waals surface area contributed by atoms with Crippen LogP contribution in [-0.4, -0.2) is 30.5 Å². The highest BCUT2D eigenvalue weighted by molar-refractivity contribution is 7.89. The first kappa shape index (κ1) is 15.5. The standard InChI is InChI=1S/C11H20ClN3O2S/c1-4-9(5-2)10(12)6-14-18(16,17)11-7-13-15-8(11)3/h7,9-10,14H,4-6H2,1-3H3,(H,13,15). The summed E-state index contributed by atoms with van der Waals surface area (Å²) in [5.41, 5.74) is 0.524. The fourth-order valence-corrected chi connectivity index (χ4v) is 3.56. The molecule has 2 N–H and O–H groups in total. The zero-order chi connectivity index (χ0) is 13.8. The van der Waals surface area contributed by atoms with Gasteiger partial charge in [-0.3, -0.25) is 5.10 Å². The second-order valence-corrected chi connectivity index (χ2v) is 6.60. The lowest BCUT2D eigenvalue weighted by molar-refractivity contribution is 0.460. The number of nitrogens with zero attached hydrogens (tertiary/aromatic N) is 1. The van der Waals surface area contributed by atoms with Crippen LogP contribution in [0.25, 0.3) is 0 Å². The zero-order valence-electron chi connectivity index (χ0n) is 10.9. The van der Waals surface area contributed by atoms with Gasteiger partial charge in [-0.05, 0) is 12.8 Å². The highest BCUT2D eigenvalue weighted by Crippen LogP contribution is 2.19. The zero-order valence-corrected chi connectivity index (χ0v) is 12.5. The molecule has 0 aromatic carbocycles. The van der Waals surface area contributed by atoms with Gasteiger partial charge in [0, 0.05) is 11.9 Å². The molecule has 5 nitrogen and oxygen atoms in total. The summed E-state index contributed by atoms with van der Waals surface area (Å²) in [5.74, 6) is 0.319. The van der Waals surface area contributed by atoms with Gasteiger partial charge in [0.1, 0.15) is 4.90 Å². The number of sulfonamides is 1. The summed E-state index contributed by atoms with van der Waals surface area (Å²) in [5, 5.41) is 6.12. The van der Waals surface area contributed by atoms with Gasteiger partial charge in [0.25, 0.3) is 0 Å². The van der Waals surface area contributed by atoms with E-state index >= 15 is 0 Å². The molecule has 18 heavy (non-hydrogen) atoms. The summed E-state index contributed by atoms with van der Waals surface area (Å²) < 4.78 is 26.5. The van der Waals surface area contributed by atoms with E-state index < -0.39 is 10.0 Å². The van der Waals surface area contributed by atoms with Crippen LogP contribution in [0.1, 0.15) is 32.4 Å². The van der Waals surface area contributed by atoms with Crippen molar-refractivity contribution in [3.05, 3.63) is 11.9 Å². The van der Waals surface area contributed by atoms with Gasteiger partial charge < -0.3 is 0 Å². The molecule has 104 valence electrons. The fraction of sp³-hybridized carbons (Fsp3) is 0.727. The molecule has 1 rings (SSSR count). The molecule has 1 atom stereocenters. The van der Waals surface area contributed by atoms with E-state index in [1.54, 1.807) is 6.92 Å². The largest absolute Gasteiger partial charge is 0.281 e. The Balaban J connectivity index is 2.66. The van der Waals surface area contributed by atoms with Crippen molar-refractivity contribution < 1.29 is 8.42 Å².